The van der Waals surface area contributed by atoms with Crippen LogP contribution in [0, 0.1) is 0 Å². The highest BCUT2D eigenvalue weighted by Crippen LogP contribution is 2.35. The summed E-state index contributed by atoms with van der Waals surface area (Å²) in [5.74, 6) is -0.177. The van der Waals surface area contributed by atoms with E-state index in [9.17, 15) is 14.7 Å². The van der Waals surface area contributed by atoms with Crippen LogP contribution in [0.1, 0.15) is 23.0 Å². The number of nitrogens with one attached hydrogen (secondary N) is 3. The third-order valence-electron chi connectivity index (χ3n) is 3.89. The van der Waals surface area contributed by atoms with Gasteiger partial charge < -0.3 is 25.6 Å². The summed E-state index contributed by atoms with van der Waals surface area (Å²) in [6.45, 7) is 0. The number of hydrogen-bond donors (Lipinski definition) is 4. The smallest absolute Gasteiger partial charge is 0.314 e. The molecular formula is C12H16N4O3. The third kappa shape index (κ3) is 1.77. The average molecular weight is 264 g/mol. The van der Waals surface area contributed by atoms with Gasteiger partial charge in [0.05, 0.1) is 24.2 Å². The fourth-order valence-electron chi connectivity index (χ4n) is 3.00. The molecule has 7 heteroatoms. The number of carbonyl (C=O) groups is 2. The van der Waals surface area contributed by atoms with E-state index in [0.717, 1.165) is 0 Å². The SMILES string of the molecule is CNC(=O)NC1C(O)CC2C1NC(=O)c1cccn12. The van der Waals surface area contributed by atoms with Gasteiger partial charge in [-0.3, -0.25) is 4.79 Å². The Balaban J connectivity index is 1.89. The molecule has 102 valence electrons. The zero-order valence-corrected chi connectivity index (χ0v) is 10.5. The molecule has 19 heavy (non-hydrogen) atoms. The predicted octanol–water partition coefficient (Wildman–Crippen LogP) is -0.797. The molecule has 1 aliphatic carbocycles. The molecule has 1 saturated carbocycles. The largest absolute Gasteiger partial charge is 0.391 e. The van der Waals surface area contributed by atoms with E-state index >= 15 is 0 Å². The first-order chi connectivity index (χ1) is 9.11. The van der Waals surface area contributed by atoms with E-state index in [4.69, 9.17) is 0 Å². The van der Waals surface area contributed by atoms with Crippen molar-refractivity contribution in [1.82, 2.24) is 20.5 Å². The molecule has 3 amide bonds. The fraction of sp³-hybridized carbons (Fsp3) is 0.500. The topological polar surface area (TPSA) is 95.4 Å². The molecule has 1 aromatic heterocycles. The van der Waals surface area contributed by atoms with Crippen molar-refractivity contribution >= 4 is 11.9 Å². The molecule has 0 radical (unpaired) electrons. The molecular weight excluding hydrogens is 248 g/mol. The maximum atomic E-state index is 12.0. The number of fused-ring (bicyclic) bond motifs is 3. The van der Waals surface area contributed by atoms with Gasteiger partial charge in [0.1, 0.15) is 5.69 Å². The number of nitrogens with zero attached hydrogens (tertiary/aromatic N) is 1. The van der Waals surface area contributed by atoms with Gasteiger partial charge in [-0.2, -0.15) is 0 Å². The number of hydrogen-bond acceptors (Lipinski definition) is 3. The van der Waals surface area contributed by atoms with Crippen molar-refractivity contribution in [3.8, 4) is 0 Å². The van der Waals surface area contributed by atoms with Gasteiger partial charge in [0.15, 0.2) is 0 Å². The van der Waals surface area contributed by atoms with Gasteiger partial charge in [-0.25, -0.2) is 4.79 Å². The van der Waals surface area contributed by atoms with Crippen molar-refractivity contribution in [3.05, 3.63) is 24.0 Å². The summed E-state index contributed by atoms with van der Waals surface area (Å²) in [4.78, 5) is 23.4. The minimum Gasteiger partial charge on any atom is -0.391 e. The van der Waals surface area contributed by atoms with Crippen LogP contribution in [-0.2, 0) is 0 Å². The predicted molar refractivity (Wildman–Crippen MR) is 66.7 cm³/mol. The van der Waals surface area contributed by atoms with Crippen LogP contribution in [0.2, 0.25) is 0 Å². The monoisotopic (exact) mass is 264 g/mol. The number of amides is 3. The summed E-state index contributed by atoms with van der Waals surface area (Å²) in [5.41, 5.74) is 0.592. The van der Waals surface area contributed by atoms with Crippen molar-refractivity contribution in [1.29, 1.82) is 0 Å². The first-order valence-electron chi connectivity index (χ1n) is 6.26. The van der Waals surface area contributed by atoms with Gasteiger partial charge in [-0.1, -0.05) is 0 Å². The molecule has 1 fully saturated rings. The Morgan fingerprint density at radius 1 is 1.58 bits per heavy atom. The number of aliphatic hydroxyl groups is 1. The van der Waals surface area contributed by atoms with E-state index in [0.29, 0.717) is 12.1 Å². The normalized spacial score (nSPS) is 32.2. The van der Waals surface area contributed by atoms with Crippen molar-refractivity contribution in [2.24, 2.45) is 0 Å². The van der Waals surface area contributed by atoms with Crippen molar-refractivity contribution < 1.29 is 14.7 Å². The van der Waals surface area contributed by atoms with Crippen LogP contribution in [0.5, 0.6) is 0 Å². The van der Waals surface area contributed by atoms with Crippen LogP contribution in [0.3, 0.4) is 0 Å². The molecule has 0 saturated heterocycles. The Morgan fingerprint density at radius 3 is 3.11 bits per heavy atom. The highest BCUT2D eigenvalue weighted by atomic mass is 16.3. The van der Waals surface area contributed by atoms with E-state index in [1.807, 2.05) is 16.8 Å². The van der Waals surface area contributed by atoms with E-state index in [1.54, 1.807) is 6.07 Å². The quantitative estimate of drug-likeness (QED) is 0.535. The Kier molecular flexibility index (Phi) is 2.70. The molecule has 3 rings (SSSR count). The minimum atomic E-state index is -0.680. The van der Waals surface area contributed by atoms with Gasteiger partial charge in [-0.15, -0.1) is 0 Å². The first-order valence-corrected chi connectivity index (χ1v) is 6.26. The van der Waals surface area contributed by atoms with Crippen molar-refractivity contribution in [2.45, 2.75) is 30.7 Å². The van der Waals surface area contributed by atoms with Gasteiger partial charge in [0, 0.05) is 13.2 Å². The highest BCUT2D eigenvalue weighted by Gasteiger charge is 2.48. The second-order valence-corrected chi connectivity index (χ2v) is 4.92. The second kappa shape index (κ2) is 4.27. The molecule has 7 nitrogen and oxygen atoms in total. The Hall–Kier alpha value is -2.02. The van der Waals surface area contributed by atoms with E-state index < -0.39 is 12.1 Å². The van der Waals surface area contributed by atoms with Crippen LogP contribution in [0.15, 0.2) is 18.3 Å². The second-order valence-electron chi connectivity index (χ2n) is 4.92. The van der Waals surface area contributed by atoms with E-state index in [-0.39, 0.29) is 24.0 Å². The van der Waals surface area contributed by atoms with Crippen LogP contribution in [0.4, 0.5) is 4.79 Å². The minimum absolute atomic E-state index is 0.0279. The first kappa shape index (κ1) is 12.0. The summed E-state index contributed by atoms with van der Waals surface area (Å²) in [7, 11) is 1.51. The van der Waals surface area contributed by atoms with Gasteiger partial charge in [0.2, 0.25) is 0 Å². The van der Waals surface area contributed by atoms with Crippen LogP contribution < -0.4 is 16.0 Å². The molecule has 4 N–H and O–H groups in total. The molecule has 0 spiro atoms. The Morgan fingerprint density at radius 2 is 2.37 bits per heavy atom. The lowest BCUT2D eigenvalue weighted by atomic mass is 10.1. The molecule has 0 bridgehead atoms. The summed E-state index contributed by atoms with van der Waals surface area (Å²) >= 11 is 0. The maximum absolute atomic E-state index is 12.0. The maximum Gasteiger partial charge on any atom is 0.314 e. The molecule has 1 aromatic rings. The Bertz CT molecular complexity index is 527. The van der Waals surface area contributed by atoms with Gasteiger partial charge >= 0.3 is 6.03 Å². The van der Waals surface area contributed by atoms with Crippen LogP contribution >= 0.6 is 0 Å². The van der Waals surface area contributed by atoms with Crippen LogP contribution in [-0.4, -0.2) is 46.8 Å². The molecule has 4 atom stereocenters. The summed E-state index contributed by atoms with van der Waals surface area (Å²) in [6.07, 6.45) is 1.66. The van der Waals surface area contributed by atoms with Crippen molar-refractivity contribution in [2.75, 3.05) is 7.05 Å². The summed E-state index contributed by atoms with van der Waals surface area (Å²) in [5, 5.41) is 18.1. The Labute approximate surface area is 110 Å². The lowest BCUT2D eigenvalue weighted by molar-refractivity contribution is 0.0874. The molecule has 2 heterocycles. The summed E-state index contributed by atoms with van der Waals surface area (Å²) in [6, 6.07) is 2.39. The standard InChI is InChI=1S/C12H16N4O3/c1-13-12(19)15-10-8(17)5-7-9(10)14-11(18)6-3-2-4-16(6)7/h2-4,7-10,17H,5H2,1H3,(H,14,18)(H2,13,15,19). The van der Waals surface area contributed by atoms with Gasteiger partial charge in [0.25, 0.3) is 5.91 Å². The van der Waals surface area contributed by atoms with E-state index in [1.165, 1.54) is 7.05 Å². The van der Waals surface area contributed by atoms with E-state index in [2.05, 4.69) is 16.0 Å². The summed E-state index contributed by atoms with van der Waals surface area (Å²) < 4.78 is 1.87. The molecule has 1 aliphatic heterocycles. The number of aliphatic hydroxyl groups excluding tert-OH is 1. The van der Waals surface area contributed by atoms with Crippen LogP contribution in [0.25, 0.3) is 0 Å². The molecule has 0 aromatic carbocycles. The number of aromatic nitrogens is 1. The average Bonchev–Trinajstić information content (AvgIpc) is 2.97. The third-order valence-corrected chi connectivity index (χ3v) is 3.89. The lowest BCUT2D eigenvalue weighted by Gasteiger charge is -2.32. The number of rotatable bonds is 1. The zero-order valence-electron chi connectivity index (χ0n) is 10.5. The molecule has 2 aliphatic rings. The number of carbonyl (C=O) groups excluding carboxylic acids is 2. The number of urea groups is 1. The van der Waals surface area contributed by atoms with Crippen molar-refractivity contribution in [3.63, 3.8) is 0 Å². The zero-order chi connectivity index (χ0) is 13.6. The van der Waals surface area contributed by atoms with Gasteiger partial charge in [-0.05, 0) is 18.6 Å². The lowest BCUT2D eigenvalue weighted by Crippen LogP contribution is -2.57. The highest BCUT2D eigenvalue weighted by molar-refractivity contribution is 5.94. The fourth-order valence-corrected chi connectivity index (χ4v) is 3.00. The molecule has 4 unspecified atom stereocenters.